The maximum absolute atomic E-state index is 12.1. The molecule has 5 heteroatoms. The van der Waals surface area contributed by atoms with Crippen molar-refractivity contribution in [1.82, 2.24) is 10.2 Å². The lowest BCUT2D eigenvalue weighted by molar-refractivity contribution is -0.122. The van der Waals surface area contributed by atoms with Crippen molar-refractivity contribution >= 4 is 23.2 Å². The fraction of sp³-hybridized carbons (Fsp3) is 0.316. The van der Waals surface area contributed by atoms with Gasteiger partial charge in [0, 0.05) is 37.9 Å². The van der Waals surface area contributed by atoms with Gasteiger partial charge in [0.25, 0.3) is 0 Å². The Kier molecular flexibility index (Phi) is 6.64. The number of hydrogen-bond acceptors (Lipinski definition) is 3. The summed E-state index contributed by atoms with van der Waals surface area (Å²) in [4.78, 5) is 16.1. The van der Waals surface area contributed by atoms with Crippen LogP contribution in [0.15, 0.2) is 48.5 Å². The average molecular weight is 346 g/mol. The van der Waals surface area contributed by atoms with Crippen molar-refractivity contribution < 1.29 is 4.79 Å². The Morgan fingerprint density at radius 2 is 1.75 bits per heavy atom. The highest BCUT2D eigenvalue weighted by Gasteiger charge is 2.07. The quantitative estimate of drug-likeness (QED) is 0.837. The van der Waals surface area contributed by atoms with Crippen molar-refractivity contribution in [1.29, 1.82) is 0 Å². The highest BCUT2D eigenvalue weighted by atomic mass is 35.5. The van der Waals surface area contributed by atoms with Crippen LogP contribution in [-0.2, 0) is 17.9 Å². The first-order valence-corrected chi connectivity index (χ1v) is 8.28. The molecule has 0 aliphatic heterocycles. The van der Waals surface area contributed by atoms with Crippen LogP contribution in [0.25, 0.3) is 0 Å². The zero-order valence-corrected chi connectivity index (χ0v) is 15.2. The number of halogens is 1. The van der Waals surface area contributed by atoms with Crippen molar-refractivity contribution in [2.75, 3.05) is 32.6 Å². The number of rotatable bonds is 7. The molecule has 0 fully saturated rings. The van der Waals surface area contributed by atoms with Crippen molar-refractivity contribution in [2.24, 2.45) is 0 Å². The van der Waals surface area contributed by atoms with Crippen LogP contribution < -0.4 is 10.2 Å². The molecule has 0 aromatic heterocycles. The highest BCUT2D eigenvalue weighted by molar-refractivity contribution is 6.30. The Morgan fingerprint density at radius 1 is 1.04 bits per heavy atom. The number of nitrogens with one attached hydrogen (secondary N) is 1. The SMILES string of the molecule is CN(CC(=O)NCc1ccc(N(C)C)cc1)Cc1cccc(Cl)c1. The van der Waals surface area contributed by atoms with Crippen LogP contribution in [0.5, 0.6) is 0 Å². The molecule has 1 amide bonds. The molecule has 0 bridgehead atoms. The van der Waals surface area contributed by atoms with E-state index in [0.29, 0.717) is 24.7 Å². The van der Waals surface area contributed by atoms with Gasteiger partial charge in [0.2, 0.25) is 5.91 Å². The van der Waals surface area contributed by atoms with Gasteiger partial charge in [-0.15, -0.1) is 0 Å². The van der Waals surface area contributed by atoms with E-state index >= 15 is 0 Å². The molecule has 4 nitrogen and oxygen atoms in total. The molecule has 0 heterocycles. The van der Waals surface area contributed by atoms with Gasteiger partial charge in [0.15, 0.2) is 0 Å². The Balaban J connectivity index is 1.78. The number of nitrogens with zero attached hydrogens (tertiary/aromatic N) is 2. The fourth-order valence-electron chi connectivity index (χ4n) is 2.42. The van der Waals surface area contributed by atoms with Gasteiger partial charge >= 0.3 is 0 Å². The van der Waals surface area contributed by atoms with Gasteiger partial charge in [-0.1, -0.05) is 35.9 Å². The Hall–Kier alpha value is -2.04. The van der Waals surface area contributed by atoms with E-state index in [1.165, 1.54) is 0 Å². The number of amides is 1. The Morgan fingerprint density at radius 3 is 2.38 bits per heavy atom. The third kappa shape index (κ3) is 5.87. The minimum absolute atomic E-state index is 0.0104. The van der Waals surface area contributed by atoms with Crippen molar-refractivity contribution in [3.05, 3.63) is 64.7 Å². The summed E-state index contributed by atoms with van der Waals surface area (Å²) in [5.74, 6) is 0.0104. The molecule has 0 aliphatic rings. The van der Waals surface area contributed by atoms with E-state index in [4.69, 9.17) is 11.6 Å². The molecule has 2 rings (SSSR count). The molecule has 128 valence electrons. The van der Waals surface area contributed by atoms with E-state index in [2.05, 4.69) is 5.32 Å². The summed E-state index contributed by atoms with van der Waals surface area (Å²) < 4.78 is 0. The van der Waals surface area contributed by atoms with Crippen molar-refractivity contribution in [3.63, 3.8) is 0 Å². The number of likely N-dealkylation sites (N-methyl/N-ethyl adjacent to an activating group) is 1. The molecule has 0 atom stereocenters. The zero-order valence-electron chi connectivity index (χ0n) is 14.4. The average Bonchev–Trinajstić information content (AvgIpc) is 2.53. The van der Waals surface area contributed by atoms with Crippen LogP contribution in [0.1, 0.15) is 11.1 Å². The maximum atomic E-state index is 12.1. The number of benzene rings is 2. The summed E-state index contributed by atoms with van der Waals surface area (Å²) in [6.07, 6.45) is 0. The molecule has 0 aliphatic carbocycles. The van der Waals surface area contributed by atoms with E-state index in [0.717, 1.165) is 16.8 Å². The lowest BCUT2D eigenvalue weighted by atomic mass is 10.2. The first-order chi connectivity index (χ1) is 11.4. The predicted molar refractivity (Wildman–Crippen MR) is 100 cm³/mol. The van der Waals surface area contributed by atoms with Gasteiger partial charge in [-0.3, -0.25) is 9.69 Å². The van der Waals surface area contributed by atoms with Gasteiger partial charge in [0.05, 0.1) is 6.54 Å². The van der Waals surface area contributed by atoms with E-state index < -0.39 is 0 Å². The first kappa shape index (κ1) is 18.3. The molecule has 0 unspecified atom stereocenters. The number of carbonyl (C=O) groups is 1. The van der Waals surface area contributed by atoms with E-state index in [-0.39, 0.29) is 5.91 Å². The maximum Gasteiger partial charge on any atom is 0.234 e. The third-order valence-corrected chi connectivity index (χ3v) is 3.93. The minimum atomic E-state index is 0.0104. The molecular weight excluding hydrogens is 322 g/mol. The van der Waals surface area contributed by atoms with E-state index in [1.807, 2.05) is 79.5 Å². The topological polar surface area (TPSA) is 35.6 Å². The van der Waals surface area contributed by atoms with Gasteiger partial charge in [-0.25, -0.2) is 0 Å². The van der Waals surface area contributed by atoms with Gasteiger partial charge < -0.3 is 10.2 Å². The standard InChI is InChI=1S/C19H24ClN3O/c1-22(2)18-9-7-15(8-10-18)12-21-19(24)14-23(3)13-16-5-4-6-17(20)11-16/h4-11H,12-14H2,1-3H3,(H,21,24). The lowest BCUT2D eigenvalue weighted by Crippen LogP contribution is -2.34. The van der Waals surface area contributed by atoms with Gasteiger partial charge in [-0.2, -0.15) is 0 Å². The smallest absolute Gasteiger partial charge is 0.234 e. The van der Waals surface area contributed by atoms with Crippen molar-refractivity contribution in [3.8, 4) is 0 Å². The summed E-state index contributed by atoms with van der Waals surface area (Å²) in [6.45, 7) is 1.57. The van der Waals surface area contributed by atoms with E-state index in [1.54, 1.807) is 0 Å². The normalized spacial score (nSPS) is 10.7. The largest absolute Gasteiger partial charge is 0.378 e. The predicted octanol–water partition coefficient (Wildman–Crippen LogP) is 3.15. The molecule has 24 heavy (non-hydrogen) atoms. The summed E-state index contributed by atoms with van der Waals surface area (Å²) in [5.41, 5.74) is 3.33. The summed E-state index contributed by atoms with van der Waals surface area (Å²) in [7, 11) is 5.94. The van der Waals surface area contributed by atoms with E-state index in [9.17, 15) is 4.79 Å². The highest BCUT2D eigenvalue weighted by Crippen LogP contribution is 2.13. The van der Waals surface area contributed by atoms with Gasteiger partial charge in [0.1, 0.15) is 0 Å². The Labute approximate surface area is 149 Å². The molecule has 1 N–H and O–H groups in total. The van der Waals surface area contributed by atoms with Crippen LogP contribution in [0.3, 0.4) is 0 Å². The van der Waals surface area contributed by atoms with Crippen LogP contribution in [0.4, 0.5) is 5.69 Å². The third-order valence-electron chi connectivity index (χ3n) is 3.70. The number of carbonyl (C=O) groups excluding carboxylic acids is 1. The molecule has 0 radical (unpaired) electrons. The van der Waals surface area contributed by atoms with Crippen LogP contribution in [-0.4, -0.2) is 38.5 Å². The second-order valence-electron chi connectivity index (χ2n) is 6.14. The number of hydrogen-bond donors (Lipinski definition) is 1. The molecule has 2 aromatic carbocycles. The number of anilines is 1. The monoisotopic (exact) mass is 345 g/mol. The van der Waals surface area contributed by atoms with Crippen LogP contribution >= 0.6 is 11.6 Å². The molecule has 0 saturated heterocycles. The minimum Gasteiger partial charge on any atom is -0.378 e. The second kappa shape index (κ2) is 8.71. The first-order valence-electron chi connectivity index (χ1n) is 7.90. The molecular formula is C19H24ClN3O. The second-order valence-corrected chi connectivity index (χ2v) is 6.58. The molecule has 2 aromatic rings. The lowest BCUT2D eigenvalue weighted by Gasteiger charge is -2.17. The summed E-state index contributed by atoms with van der Waals surface area (Å²) >= 11 is 5.98. The fourth-order valence-corrected chi connectivity index (χ4v) is 2.63. The summed E-state index contributed by atoms with van der Waals surface area (Å²) in [5, 5.41) is 3.67. The molecule has 0 saturated carbocycles. The Bertz CT molecular complexity index is 671. The summed E-state index contributed by atoms with van der Waals surface area (Å²) in [6, 6.07) is 15.9. The van der Waals surface area contributed by atoms with Crippen molar-refractivity contribution in [2.45, 2.75) is 13.1 Å². The zero-order chi connectivity index (χ0) is 17.5. The van der Waals surface area contributed by atoms with Crippen LogP contribution in [0, 0.1) is 0 Å². The van der Waals surface area contributed by atoms with Crippen LogP contribution in [0.2, 0.25) is 5.02 Å². The molecule has 0 spiro atoms. The van der Waals surface area contributed by atoms with Gasteiger partial charge in [-0.05, 0) is 42.4 Å².